The van der Waals surface area contributed by atoms with Gasteiger partial charge in [0.05, 0.1) is 12.6 Å². The van der Waals surface area contributed by atoms with Crippen LogP contribution >= 0.6 is 0 Å². The zero-order valence-electron chi connectivity index (χ0n) is 9.65. The minimum absolute atomic E-state index is 0.0772. The Morgan fingerprint density at radius 3 is 2.62 bits per heavy atom. The molecule has 0 spiro atoms. The van der Waals surface area contributed by atoms with Crippen molar-refractivity contribution in [3.63, 3.8) is 0 Å². The second-order valence-electron chi connectivity index (χ2n) is 4.32. The molecule has 0 amide bonds. The van der Waals surface area contributed by atoms with Crippen LogP contribution in [0.4, 0.5) is 0 Å². The Morgan fingerprint density at radius 2 is 2.19 bits per heavy atom. The monoisotopic (exact) mass is 227 g/mol. The van der Waals surface area contributed by atoms with Crippen LogP contribution in [0.15, 0.2) is 16.5 Å². The molecule has 5 heteroatoms. The molecule has 5 nitrogen and oxygen atoms in total. The Labute approximate surface area is 94.1 Å². The fourth-order valence-corrected chi connectivity index (χ4v) is 1.05. The Bertz CT molecular complexity index is 368. The highest BCUT2D eigenvalue weighted by atomic mass is 16.4. The molecule has 0 aliphatic rings. The van der Waals surface area contributed by atoms with E-state index in [1.807, 2.05) is 13.8 Å². The number of nitrogens with one attached hydrogen (secondary N) is 1. The van der Waals surface area contributed by atoms with E-state index in [4.69, 9.17) is 9.52 Å². The minimum atomic E-state index is -1.08. The van der Waals surface area contributed by atoms with E-state index in [0.717, 1.165) is 0 Å². The molecule has 0 fully saturated rings. The average molecular weight is 227 g/mol. The van der Waals surface area contributed by atoms with Crippen molar-refractivity contribution < 1.29 is 19.4 Å². The summed E-state index contributed by atoms with van der Waals surface area (Å²) in [7, 11) is 0. The second-order valence-corrected chi connectivity index (χ2v) is 4.32. The first kappa shape index (κ1) is 12.7. The van der Waals surface area contributed by atoms with Crippen LogP contribution < -0.4 is 5.32 Å². The summed E-state index contributed by atoms with van der Waals surface area (Å²) in [6, 6.07) is 3.02. The largest absolute Gasteiger partial charge is 0.475 e. The molecule has 16 heavy (non-hydrogen) atoms. The van der Waals surface area contributed by atoms with Crippen molar-refractivity contribution in [2.24, 2.45) is 0 Å². The van der Waals surface area contributed by atoms with Crippen molar-refractivity contribution >= 4 is 5.97 Å². The SMILES string of the molecule is CC(O)C(C)(C)NCc1ccc(C(=O)O)o1. The van der Waals surface area contributed by atoms with Gasteiger partial charge >= 0.3 is 5.97 Å². The smallest absolute Gasteiger partial charge is 0.371 e. The predicted octanol–water partition coefficient (Wildman–Crippen LogP) is 1.23. The molecule has 0 radical (unpaired) electrons. The third-order valence-electron chi connectivity index (χ3n) is 2.64. The molecular formula is C11H17NO4. The lowest BCUT2D eigenvalue weighted by Gasteiger charge is -2.29. The average Bonchev–Trinajstić information content (AvgIpc) is 2.63. The highest BCUT2D eigenvalue weighted by molar-refractivity contribution is 5.84. The molecule has 0 saturated heterocycles. The first-order valence-electron chi connectivity index (χ1n) is 5.08. The Kier molecular flexibility index (Phi) is 3.72. The maximum Gasteiger partial charge on any atom is 0.371 e. The third kappa shape index (κ3) is 3.08. The van der Waals surface area contributed by atoms with Gasteiger partial charge in [0.2, 0.25) is 5.76 Å². The van der Waals surface area contributed by atoms with Gasteiger partial charge in [0.1, 0.15) is 5.76 Å². The van der Waals surface area contributed by atoms with E-state index in [1.165, 1.54) is 6.07 Å². The molecule has 1 unspecified atom stereocenters. The lowest BCUT2D eigenvalue weighted by Crippen LogP contribution is -2.47. The fraction of sp³-hybridized carbons (Fsp3) is 0.545. The molecule has 1 aromatic heterocycles. The lowest BCUT2D eigenvalue weighted by molar-refractivity contribution is 0.0657. The number of aliphatic hydroxyl groups is 1. The van der Waals surface area contributed by atoms with Crippen LogP contribution in [-0.4, -0.2) is 27.8 Å². The first-order chi connectivity index (χ1) is 7.33. The van der Waals surface area contributed by atoms with E-state index in [9.17, 15) is 9.90 Å². The molecule has 0 bridgehead atoms. The quantitative estimate of drug-likeness (QED) is 0.704. The van der Waals surface area contributed by atoms with Crippen LogP contribution in [0.25, 0.3) is 0 Å². The van der Waals surface area contributed by atoms with Gasteiger partial charge in [-0.1, -0.05) is 0 Å². The van der Waals surface area contributed by atoms with Crippen molar-refractivity contribution in [3.8, 4) is 0 Å². The summed E-state index contributed by atoms with van der Waals surface area (Å²) in [5.41, 5.74) is -0.448. The molecule has 3 N–H and O–H groups in total. The normalized spacial score (nSPS) is 13.8. The Morgan fingerprint density at radius 1 is 1.56 bits per heavy atom. The summed E-state index contributed by atoms with van der Waals surface area (Å²) in [4.78, 5) is 10.6. The topological polar surface area (TPSA) is 82.7 Å². The zero-order valence-corrected chi connectivity index (χ0v) is 9.65. The number of furan rings is 1. The Hall–Kier alpha value is -1.33. The van der Waals surface area contributed by atoms with Gasteiger partial charge in [-0.3, -0.25) is 0 Å². The summed E-state index contributed by atoms with van der Waals surface area (Å²) in [6.07, 6.45) is -0.513. The van der Waals surface area contributed by atoms with Gasteiger partial charge in [-0.2, -0.15) is 0 Å². The van der Waals surface area contributed by atoms with E-state index in [-0.39, 0.29) is 5.76 Å². The molecule has 0 aliphatic heterocycles. The van der Waals surface area contributed by atoms with Crippen LogP contribution in [0.3, 0.4) is 0 Å². The first-order valence-corrected chi connectivity index (χ1v) is 5.08. The zero-order chi connectivity index (χ0) is 12.3. The fourth-order valence-electron chi connectivity index (χ4n) is 1.05. The Balaban J connectivity index is 2.58. The van der Waals surface area contributed by atoms with Crippen LogP contribution in [0, 0.1) is 0 Å². The molecule has 1 atom stereocenters. The van der Waals surface area contributed by atoms with E-state index < -0.39 is 17.6 Å². The van der Waals surface area contributed by atoms with Crippen LogP contribution in [0.5, 0.6) is 0 Å². The van der Waals surface area contributed by atoms with Gasteiger partial charge in [-0.05, 0) is 32.9 Å². The summed E-state index contributed by atoms with van der Waals surface area (Å²) in [5, 5.41) is 21.2. The van der Waals surface area contributed by atoms with Gasteiger partial charge in [0, 0.05) is 5.54 Å². The molecule has 1 heterocycles. The summed E-state index contributed by atoms with van der Waals surface area (Å²) >= 11 is 0. The molecule has 0 aromatic carbocycles. The number of carbonyl (C=O) groups is 1. The molecule has 1 aromatic rings. The number of rotatable bonds is 5. The van der Waals surface area contributed by atoms with Gasteiger partial charge in [-0.25, -0.2) is 4.79 Å². The number of hydrogen-bond acceptors (Lipinski definition) is 4. The van der Waals surface area contributed by atoms with Crippen LogP contribution in [0.2, 0.25) is 0 Å². The second kappa shape index (κ2) is 4.67. The number of aliphatic hydroxyl groups excluding tert-OH is 1. The minimum Gasteiger partial charge on any atom is -0.475 e. The van der Waals surface area contributed by atoms with Crippen LogP contribution in [0.1, 0.15) is 37.1 Å². The van der Waals surface area contributed by atoms with Crippen molar-refractivity contribution in [2.45, 2.75) is 39.0 Å². The van der Waals surface area contributed by atoms with Crippen molar-refractivity contribution in [3.05, 3.63) is 23.7 Å². The third-order valence-corrected chi connectivity index (χ3v) is 2.64. The maximum absolute atomic E-state index is 10.6. The number of carboxylic acids is 1. The molecule has 0 saturated carbocycles. The van der Waals surface area contributed by atoms with Crippen LogP contribution in [-0.2, 0) is 6.54 Å². The van der Waals surface area contributed by atoms with Gasteiger partial charge < -0.3 is 19.9 Å². The van der Waals surface area contributed by atoms with Gasteiger partial charge in [-0.15, -0.1) is 0 Å². The summed E-state index contributed by atoms with van der Waals surface area (Å²) in [6.45, 7) is 5.79. The highest BCUT2D eigenvalue weighted by Crippen LogP contribution is 2.12. The molecular weight excluding hydrogens is 210 g/mol. The standard InChI is InChI=1S/C11H17NO4/c1-7(13)11(2,3)12-6-8-4-5-9(16-8)10(14)15/h4-5,7,12-13H,6H2,1-3H3,(H,14,15). The number of hydrogen-bond donors (Lipinski definition) is 3. The van der Waals surface area contributed by atoms with E-state index in [1.54, 1.807) is 13.0 Å². The predicted molar refractivity (Wildman–Crippen MR) is 58.3 cm³/mol. The number of aromatic carboxylic acids is 1. The van der Waals surface area contributed by atoms with E-state index in [0.29, 0.717) is 12.3 Å². The highest BCUT2D eigenvalue weighted by Gasteiger charge is 2.23. The van der Waals surface area contributed by atoms with Gasteiger partial charge in [0.15, 0.2) is 0 Å². The van der Waals surface area contributed by atoms with E-state index >= 15 is 0 Å². The lowest BCUT2D eigenvalue weighted by atomic mass is 9.99. The van der Waals surface area contributed by atoms with Gasteiger partial charge in [0.25, 0.3) is 0 Å². The van der Waals surface area contributed by atoms with Crippen molar-refractivity contribution in [1.29, 1.82) is 0 Å². The van der Waals surface area contributed by atoms with Crippen molar-refractivity contribution in [1.82, 2.24) is 5.32 Å². The molecule has 90 valence electrons. The molecule has 0 aliphatic carbocycles. The summed E-state index contributed by atoms with van der Waals surface area (Å²) < 4.78 is 5.08. The maximum atomic E-state index is 10.6. The molecule has 1 rings (SSSR count). The summed E-state index contributed by atoms with van der Waals surface area (Å²) in [5.74, 6) is -0.626. The number of carboxylic acid groups (broad SMARTS) is 1. The van der Waals surface area contributed by atoms with Crippen molar-refractivity contribution in [2.75, 3.05) is 0 Å². The van der Waals surface area contributed by atoms with E-state index in [2.05, 4.69) is 5.32 Å².